The van der Waals surface area contributed by atoms with Gasteiger partial charge in [0, 0.05) is 12.1 Å². The van der Waals surface area contributed by atoms with Crippen LogP contribution in [0.1, 0.15) is 42.3 Å². The van der Waals surface area contributed by atoms with Crippen molar-refractivity contribution in [1.29, 1.82) is 0 Å². The van der Waals surface area contributed by atoms with E-state index in [-0.39, 0.29) is 24.3 Å². The molecule has 0 radical (unpaired) electrons. The van der Waals surface area contributed by atoms with E-state index >= 15 is 0 Å². The fourth-order valence-corrected chi connectivity index (χ4v) is 3.61. The molecular formula is C21H22N2O3. The summed E-state index contributed by atoms with van der Waals surface area (Å²) in [6.45, 7) is 0. The van der Waals surface area contributed by atoms with E-state index in [9.17, 15) is 9.59 Å². The van der Waals surface area contributed by atoms with Gasteiger partial charge in [-0.05, 0) is 48.1 Å². The van der Waals surface area contributed by atoms with Crippen LogP contribution in [0.3, 0.4) is 0 Å². The predicted molar refractivity (Wildman–Crippen MR) is 99.0 cm³/mol. The van der Waals surface area contributed by atoms with Gasteiger partial charge in [-0.25, -0.2) is 0 Å². The molecule has 2 aromatic carbocycles. The molecule has 4 rings (SSSR count). The first-order valence-electron chi connectivity index (χ1n) is 8.99. The highest BCUT2D eigenvalue weighted by Crippen LogP contribution is 2.42. The summed E-state index contributed by atoms with van der Waals surface area (Å²) in [5.74, 6) is 0.614. The third-order valence-electron chi connectivity index (χ3n) is 5.18. The number of nitrogens with one attached hydrogen (secondary N) is 2. The molecule has 1 aliphatic carbocycles. The van der Waals surface area contributed by atoms with E-state index in [0.29, 0.717) is 5.92 Å². The molecule has 1 saturated carbocycles. The molecule has 2 aromatic rings. The van der Waals surface area contributed by atoms with E-state index in [1.54, 1.807) is 7.11 Å². The van der Waals surface area contributed by atoms with Crippen LogP contribution in [0.5, 0.6) is 5.75 Å². The third-order valence-corrected chi connectivity index (χ3v) is 5.18. The molecule has 26 heavy (non-hydrogen) atoms. The summed E-state index contributed by atoms with van der Waals surface area (Å²) in [6.07, 6.45) is 2.40. The van der Waals surface area contributed by atoms with Gasteiger partial charge in [0.15, 0.2) is 0 Å². The molecule has 2 N–H and O–H groups in total. The second-order valence-corrected chi connectivity index (χ2v) is 6.99. The van der Waals surface area contributed by atoms with E-state index in [1.165, 1.54) is 0 Å². The average Bonchev–Trinajstić information content (AvgIpc) is 3.50. The van der Waals surface area contributed by atoms with Crippen molar-refractivity contribution in [2.24, 2.45) is 5.92 Å². The Morgan fingerprint density at radius 3 is 2.58 bits per heavy atom. The summed E-state index contributed by atoms with van der Waals surface area (Å²) < 4.78 is 5.22. The van der Waals surface area contributed by atoms with Crippen molar-refractivity contribution in [2.45, 2.75) is 31.2 Å². The molecule has 1 fully saturated rings. The van der Waals surface area contributed by atoms with Gasteiger partial charge in [-0.2, -0.15) is 0 Å². The summed E-state index contributed by atoms with van der Waals surface area (Å²) in [5, 5.41) is 6.05. The van der Waals surface area contributed by atoms with Crippen molar-refractivity contribution in [2.75, 3.05) is 12.4 Å². The lowest BCUT2D eigenvalue weighted by atomic mass is 9.89. The second kappa shape index (κ2) is 6.83. The Labute approximate surface area is 152 Å². The van der Waals surface area contributed by atoms with Crippen molar-refractivity contribution in [3.63, 3.8) is 0 Å². The van der Waals surface area contributed by atoms with Gasteiger partial charge in [0.05, 0.1) is 19.1 Å². The monoisotopic (exact) mass is 350 g/mol. The Bertz CT molecular complexity index is 827. The maximum Gasteiger partial charge on any atom is 0.228 e. The lowest BCUT2D eigenvalue weighted by molar-refractivity contribution is -0.127. The zero-order valence-electron chi connectivity index (χ0n) is 14.7. The number of carbonyl (C=O) groups is 2. The smallest absolute Gasteiger partial charge is 0.228 e. The van der Waals surface area contributed by atoms with Crippen molar-refractivity contribution in [3.8, 4) is 5.75 Å². The van der Waals surface area contributed by atoms with Crippen molar-refractivity contribution < 1.29 is 14.3 Å². The van der Waals surface area contributed by atoms with Gasteiger partial charge in [0.25, 0.3) is 0 Å². The lowest BCUT2D eigenvalue weighted by Gasteiger charge is -2.27. The summed E-state index contributed by atoms with van der Waals surface area (Å²) in [5.41, 5.74) is 2.69. The van der Waals surface area contributed by atoms with E-state index in [1.807, 2.05) is 48.5 Å². The molecule has 0 saturated heterocycles. The van der Waals surface area contributed by atoms with E-state index in [4.69, 9.17) is 4.74 Å². The number of para-hydroxylation sites is 1. The average molecular weight is 350 g/mol. The molecule has 134 valence electrons. The number of hydrogen-bond donors (Lipinski definition) is 2. The van der Waals surface area contributed by atoms with Crippen LogP contribution < -0.4 is 15.4 Å². The van der Waals surface area contributed by atoms with E-state index < -0.39 is 5.92 Å². The molecule has 2 aliphatic rings. The minimum absolute atomic E-state index is 0.0226. The summed E-state index contributed by atoms with van der Waals surface area (Å²) in [6, 6.07) is 15.3. The highest BCUT2D eigenvalue weighted by molar-refractivity contribution is 6.01. The van der Waals surface area contributed by atoms with Crippen molar-refractivity contribution >= 4 is 17.5 Å². The van der Waals surface area contributed by atoms with Crippen LogP contribution in [-0.4, -0.2) is 18.9 Å². The maximum atomic E-state index is 13.0. The predicted octanol–water partition coefficient (Wildman–Crippen LogP) is 3.39. The highest BCUT2D eigenvalue weighted by Gasteiger charge is 2.37. The SMILES string of the molecule is COc1ccc(C(NC(=O)C2CC(=O)Nc3ccccc32)C2CC2)cc1. The number of ether oxygens (including phenoxy) is 1. The van der Waals surface area contributed by atoms with Crippen molar-refractivity contribution in [1.82, 2.24) is 5.32 Å². The summed E-state index contributed by atoms with van der Waals surface area (Å²) in [7, 11) is 1.64. The highest BCUT2D eigenvalue weighted by atomic mass is 16.5. The Morgan fingerprint density at radius 1 is 1.15 bits per heavy atom. The Balaban J connectivity index is 1.56. The van der Waals surface area contributed by atoms with Crippen LogP contribution in [0.25, 0.3) is 0 Å². The topological polar surface area (TPSA) is 67.4 Å². The lowest BCUT2D eigenvalue weighted by Crippen LogP contribution is -2.37. The molecule has 2 unspecified atom stereocenters. The number of methoxy groups -OCH3 is 1. The number of fused-ring (bicyclic) bond motifs is 1. The largest absolute Gasteiger partial charge is 0.497 e. The fraction of sp³-hybridized carbons (Fsp3) is 0.333. The van der Waals surface area contributed by atoms with Crippen LogP contribution in [-0.2, 0) is 9.59 Å². The molecule has 5 heteroatoms. The Morgan fingerprint density at radius 2 is 1.88 bits per heavy atom. The van der Waals surface area contributed by atoms with E-state index in [2.05, 4.69) is 10.6 Å². The van der Waals surface area contributed by atoms with Gasteiger partial charge < -0.3 is 15.4 Å². The zero-order valence-corrected chi connectivity index (χ0v) is 14.7. The molecule has 0 aromatic heterocycles. The third kappa shape index (κ3) is 3.29. The first-order valence-corrected chi connectivity index (χ1v) is 8.99. The van der Waals surface area contributed by atoms with Gasteiger partial charge in [-0.15, -0.1) is 0 Å². The Hall–Kier alpha value is -2.82. The second-order valence-electron chi connectivity index (χ2n) is 6.99. The molecule has 0 bridgehead atoms. The van der Waals surface area contributed by atoms with Crippen LogP contribution in [0.15, 0.2) is 48.5 Å². The molecule has 2 atom stereocenters. The zero-order chi connectivity index (χ0) is 18.1. The molecule has 5 nitrogen and oxygen atoms in total. The quantitative estimate of drug-likeness (QED) is 0.869. The molecule has 1 aliphatic heterocycles. The number of carbonyl (C=O) groups excluding carboxylic acids is 2. The van der Waals surface area contributed by atoms with Crippen LogP contribution in [0, 0.1) is 5.92 Å². The van der Waals surface area contributed by atoms with Gasteiger partial charge >= 0.3 is 0 Å². The number of anilines is 1. The van der Waals surface area contributed by atoms with Gasteiger partial charge in [-0.3, -0.25) is 9.59 Å². The van der Waals surface area contributed by atoms with E-state index in [0.717, 1.165) is 35.4 Å². The number of rotatable bonds is 5. The maximum absolute atomic E-state index is 13.0. The van der Waals surface area contributed by atoms with Crippen LogP contribution in [0.2, 0.25) is 0 Å². The van der Waals surface area contributed by atoms with Crippen molar-refractivity contribution in [3.05, 3.63) is 59.7 Å². The first-order chi connectivity index (χ1) is 12.7. The van der Waals surface area contributed by atoms with Gasteiger partial charge in [0.2, 0.25) is 11.8 Å². The van der Waals surface area contributed by atoms with Crippen LogP contribution >= 0.6 is 0 Å². The summed E-state index contributed by atoms with van der Waals surface area (Å²) in [4.78, 5) is 25.0. The minimum Gasteiger partial charge on any atom is -0.497 e. The first kappa shape index (κ1) is 16.6. The summed E-state index contributed by atoms with van der Waals surface area (Å²) >= 11 is 0. The Kier molecular flexibility index (Phi) is 4.37. The number of hydrogen-bond acceptors (Lipinski definition) is 3. The van der Waals surface area contributed by atoms with Crippen LogP contribution in [0.4, 0.5) is 5.69 Å². The molecule has 2 amide bonds. The van der Waals surface area contributed by atoms with Gasteiger partial charge in [-0.1, -0.05) is 30.3 Å². The molecular weight excluding hydrogens is 328 g/mol. The molecule has 0 spiro atoms. The molecule has 1 heterocycles. The standard InChI is InChI=1S/C21H22N2O3/c1-26-15-10-8-14(9-11-15)20(13-6-7-13)23-21(25)17-12-19(24)22-18-5-3-2-4-16(17)18/h2-5,8-11,13,17,20H,6-7,12H2,1H3,(H,22,24)(H,23,25). The number of amides is 2. The fourth-order valence-electron chi connectivity index (χ4n) is 3.61. The van der Waals surface area contributed by atoms with Gasteiger partial charge in [0.1, 0.15) is 5.75 Å². The normalized spacial score (nSPS) is 19.9. The minimum atomic E-state index is -0.445. The number of benzene rings is 2.